The van der Waals surface area contributed by atoms with E-state index in [1.54, 1.807) is 12.1 Å². The number of hydrogen-bond acceptors (Lipinski definition) is 4. The van der Waals surface area contributed by atoms with Gasteiger partial charge in [-0.05, 0) is 60.2 Å². The smallest absolute Gasteiger partial charge is 0.417 e. The lowest BCUT2D eigenvalue weighted by Crippen LogP contribution is -2.24. The van der Waals surface area contributed by atoms with Gasteiger partial charge in [0, 0.05) is 16.9 Å². The summed E-state index contributed by atoms with van der Waals surface area (Å²) >= 11 is 11.5. The first-order valence-electron chi connectivity index (χ1n) is 13.1. The fourth-order valence-corrected chi connectivity index (χ4v) is 5.82. The minimum Gasteiger partial charge on any atom is -0.496 e. The molecule has 2 aliphatic heterocycles. The first kappa shape index (κ1) is 30.6. The average molecular weight is 667 g/mol. The van der Waals surface area contributed by atoms with E-state index in [9.17, 15) is 35.9 Å². The largest absolute Gasteiger partial charge is 0.496 e. The number of nitrogens with zero attached hydrogens (tertiary/aromatic N) is 2. The van der Waals surface area contributed by atoms with Gasteiger partial charge >= 0.3 is 12.4 Å². The predicted molar refractivity (Wildman–Crippen MR) is 153 cm³/mol. The van der Waals surface area contributed by atoms with Crippen LogP contribution in [0.4, 0.5) is 37.7 Å². The van der Waals surface area contributed by atoms with Crippen LogP contribution >= 0.6 is 23.2 Å². The third-order valence-corrected chi connectivity index (χ3v) is 8.14. The van der Waals surface area contributed by atoms with E-state index in [1.165, 1.54) is 37.4 Å². The number of ether oxygens (including phenoxy) is 2. The molecule has 0 bridgehead atoms. The van der Waals surface area contributed by atoms with Crippen LogP contribution in [-0.2, 0) is 25.4 Å². The topological polar surface area (TPSA) is 59.1 Å². The SMILES string of the molecule is COc1ccc(Oc2cccc3c2C(=O)N(c2ccc(Cl)c(C(F)(F)F)c2)C3)c2c1C(=O)N(c1ccc(Cl)c(C(F)(F)F)c1)C2. The Labute approximate surface area is 261 Å². The molecular formula is C31H18Cl2F6N2O4. The number of alkyl halides is 6. The van der Waals surface area contributed by atoms with Gasteiger partial charge in [-0.1, -0.05) is 35.3 Å². The maximum atomic E-state index is 13.6. The number of hydrogen-bond donors (Lipinski definition) is 0. The Bertz CT molecular complexity index is 1890. The van der Waals surface area contributed by atoms with Crippen LogP contribution in [0, 0.1) is 0 Å². The van der Waals surface area contributed by atoms with Crippen molar-refractivity contribution in [1.29, 1.82) is 0 Å². The van der Waals surface area contributed by atoms with Crippen LogP contribution in [-0.4, -0.2) is 18.9 Å². The van der Waals surface area contributed by atoms with Gasteiger partial charge in [0.25, 0.3) is 11.8 Å². The molecule has 4 aromatic carbocycles. The van der Waals surface area contributed by atoms with E-state index in [2.05, 4.69) is 0 Å². The quantitative estimate of drug-likeness (QED) is 0.199. The number of carbonyl (C=O) groups excluding carboxylic acids is 2. The van der Waals surface area contributed by atoms with Crippen LogP contribution < -0.4 is 19.3 Å². The highest BCUT2D eigenvalue weighted by atomic mass is 35.5. The molecule has 0 fully saturated rings. The van der Waals surface area contributed by atoms with E-state index in [4.69, 9.17) is 32.7 Å². The van der Waals surface area contributed by atoms with E-state index < -0.39 is 45.3 Å². The van der Waals surface area contributed by atoms with Crippen LogP contribution in [0.25, 0.3) is 0 Å². The van der Waals surface area contributed by atoms with Crippen LogP contribution in [0.5, 0.6) is 17.2 Å². The Morgan fingerprint density at radius 3 is 1.76 bits per heavy atom. The Morgan fingerprint density at radius 2 is 1.20 bits per heavy atom. The maximum absolute atomic E-state index is 13.6. The van der Waals surface area contributed by atoms with E-state index >= 15 is 0 Å². The van der Waals surface area contributed by atoms with Crippen molar-refractivity contribution in [3.63, 3.8) is 0 Å². The molecule has 45 heavy (non-hydrogen) atoms. The van der Waals surface area contributed by atoms with Crippen molar-refractivity contribution in [1.82, 2.24) is 0 Å². The molecule has 232 valence electrons. The van der Waals surface area contributed by atoms with Crippen LogP contribution in [0.3, 0.4) is 0 Å². The molecular weight excluding hydrogens is 649 g/mol. The zero-order chi connectivity index (χ0) is 32.4. The molecule has 14 heteroatoms. The van der Waals surface area contributed by atoms with Gasteiger partial charge in [-0.25, -0.2) is 0 Å². The van der Waals surface area contributed by atoms with Gasteiger partial charge in [0.1, 0.15) is 17.2 Å². The minimum absolute atomic E-state index is 0.0216. The highest BCUT2D eigenvalue weighted by molar-refractivity contribution is 6.32. The van der Waals surface area contributed by atoms with Gasteiger partial charge in [0.2, 0.25) is 0 Å². The van der Waals surface area contributed by atoms with Gasteiger partial charge in [0.05, 0.1) is 52.5 Å². The Morgan fingerprint density at radius 1 is 0.667 bits per heavy atom. The number of fused-ring (bicyclic) bond motifs is 2. The zero-order valence-electron chi connectivity index (χ0n) is 22.8. The number of amides is 2. The molecule has 0 unspecified atom stereocenters. The van der Waals surface area contributed by atoms with Gasteiger partial charge in [-0.3, -0.25) is 9.59 Å². The summed E-state index contributed by atoms with van der Waals surface area (Å²) in [7, 11) is 1.33. The van der Waals surface area contributed by atoms with Crippen molar-refractivity contribution in [2.45, 2.75) is 25.4 Å². The summed E-state index contributed by atoms with van der Waals surface area (Å²) in [6.07, 6.45) is -9.50. The van der Waals surface area contributed by atoms with E-state index in [-0.39, 0.29) is 58.4 Å². The number of halogens is 8. The molecule has 6 nitrogen and oxygen atoms in total. The second-order valence-electron chi connectivity index (χ2n) is 10.1. The first-order chi connectivity index (χ1) is 21.2. The summed E-state index contributed by atoms with van der Waals surface area (Å²) < 4.78 is 92.7. The average Bonchev–Trinajstić information content (AvgIpc) is 3.50. The summed E-state index contributed by atoms with van der Waals surface area (Å²) in [5.41, 5.74) is -1.37. The van der Waals surface area contributed by atoms with Crippen molar-refractivity contribution in [3.8, 4) is 17.2 Å². The van der Waals surface area contributed by atoms with E-state index in [0.717, 1.165) is 34.1 Å². The molecule has 0 saturated carbocycles. The van der Waals surface area contributed by atoms with Crippen molar-refractivity contribution in [2.24, 2.45) is 0 Å². The summed E-state index contributed by atoms with van der Waals surface area (Å²) in [6, 6.07) is 13.9. The third kappa shape index (κ3) is 5.31. The number of anilines is 2. The Hall–Kier alpha value is -4.42. The van der Waals surface area contributed by atoms with Gasteiger partial charge in [0.15, 0.2) is 0 Å². The maximum Gasteiger partial charge on any atom is 0.417 e. The lowest BCUT2D eigenvalue weighted by atomic mass is 10.1. The van der Waals surface area contributed by atoms with Gasteiger partial charge in [-0.15, -0.1) is 0 Å². The monoisotopic (exact) mass is 666 g/mol. The molecule has 6 rings (SSSR count). The molecule has 0 aromatic heterocycles. The normalized spacial score (nSPS) is 14.6. The fraction of sp³-hybridized carbons (Fsp3) is 0.161. The number of methoxy groups -OCH3 is 1. The number of benzene rings is 4. The fourth-order valence-electron chi connectivity index (χ4n) is 5.37. The number of rotatable bonds is 5. The summed E-state index contributed by atoms with van der Waals surface area (Å²) in [4.78, 5) is 29.4. The molecule has 0 spiro atoms. The Balaban J connectivity index is 1.35. The lowest BCUT2D eigenvalue weighted by Gasteiger charge is -2.19. The second kappa shape index (κ2) is 10.9. The number of carbonyl (C=O) groups is 2. The molecule has 0 aliphatic carbocycles. The first-order valence-corrected chi connectivity index (χ1v) is 13.8. The van der Waals surface area contributed by atoms with Crippen molar-refractivity contribution >= 4 is 46.4 Å². The minimum atomic E-state index is -4.76. The Kier molecular flexibility index (Phi) is 7.40. The summed E-state index contributed by atoms with van der Waals surface area (Å²) in [6.45, 7) is -0.241. The van der Waals surface area contributed by atoms with Gasteiger partial charge < -0.3 is 19.3 Å². The van der Waals surface area contributed by atoms with Crippen molar-refractivity contribution < 1.29 is 45.4 Å². The van der Waals surface area contributed by atoms with Crippen molar-refractivity contribution in [3.05, 3.63) is 110 Å². The van der Waals surface area contributed by atoms with E-state index in [1.807, 2.05) is 0 Å². The summed E-state index contributed by atoms with van der Waals surface area (Å²) in [5.74, 6) is -0.934. The molecule has 0 saturated heterocycles. The molecule has 2 aliphatic rings. The highest BCUT2D eigenvalue weighted by Crippen LogP contribution is 2.45. The second-order valence-corrected chi connectivity index (χ2v) is 10.9. The van der Waals surface area contributed by atoms with Crippen molar-refractivity contribution in [2.75, 3.05) is 16.9 Å². The molecule has 2 heterocycles. The lowest BCUT2D eigenvalue weighted by molar-refractivity contribution is -0.138. The van der Waals surface area contributed by atoms with E-state index in [0.29, 0.717) is 5.56 Å². The third-order valence-electron chi connectivity index (χ3n) is 7.48. The standard InChI is InChI=1S/C31H18Cl2F6N2O4/c1-44-24-10-9-23(18-14-41(29(43)27(18)24)17-6-8-22(33)20(12-17)31(37,38)39)45-25-4-2-3-15-13-40(28(42)26(15)25)16-5-7-21(32)19(11-16)30(34,35)36/h2-12H,13-14H2,1H3. The summed E-state index contributed by atoms with van der Waals surface area (Å²) in [5, 5.41) is -1.04. The van der Waals surface area contributed by atoms with Crippen LogP contribution in [0.15, 0.2) is 66.7 Å². The van der Waals surface area contributed by atoms with Crippen LogP contribution in [0.2, 0.25) is 10.0 Å². The molecule has 0 radical (unpaired) electrons. The molecule has 0 N–H and O–H groups in total. The van der Waals surface area contributed by atoms with Gasteiger partial charge in [-0.2, -0.15) is 26.3 Å². The zero-order valence-corrected chi connectivity index (χ0v) is 24.3. The molecule has 0 atom stereocenters. The molecule has 2 amide bonds. The predicted octanol–water partition coefficient (Wildman–Crippen LogP) is 9.15. The molecule has 4 aromatic rings. The van der Waals surface area contributed by atoms with Crippen LogP contribution in [0.1, 0.15) is 43.0 Å². The highest BCUT2D eigenvalue weighted by Gasteiger charge is 2.39.